The zero-order valence-electron chi connectivity index (χ0n) is 9.13. The first kappa shape index (κ1) is 10.1. The number of benzene rings is 1. The quantitative estimate of drug-likeness (QED) is 0.803. The van der Waals surface area contributed by atoms with Gasteiger partial charge in [0.15, 0.2) is 0 Å². The number of methoxy groups -OCH3 is 1. The third-order valence-electron chi connectivity index (χ3n) is 2.66. The third-order valence-corrected chi connectivity index (χ3v) is 2.66. The van der Waals surface area contributed by atoms with E-state index in [0.29, 0.717) is 6.54 Å². The standard InChI is InChI=1S/C12H16N2O/c1-8-3-4-11(15-2)12-10(8)7-9(14-12)5-6-13/h3-4,7,14H,5-6,13H2,1-2H3. The van der Waals surface area contributed by atoms with E-state index < -0.39 is 0 Å². The highest BCUT2D eigenvalue weighted by Gasteiger charge is 2.07. The van der Waals surface area contributed by atoms with Gasteiger partial charge in [0.1, 0.15) is 5.75 Å². The predicted octanol–water partition coefficient (Wildman–Crippen LogP) is 1.99. The summed E-state index contributed by atoms with van der Waals surface area (Å²) in [6.07, 6.45) is 0.872. The number of nitrogens with one attached hydrogen (secondary N) is 1. The molecule has 2 rings (SSSR count). The second-order valence-electron chi connectivity index (χ2n) is 3.71. The van der Waals surface area contributed by atoms with Crippen LogP contribution in [0.15, 0.2) is 18.2 Å². The Morgan fingerprint density at radius 2 is 2.20 bits per heavy atom. The highest BCUT2D eigenvalue weighted by molar-refractivity contribution is 5.89. The molecule has 0 aliphatic carbocycles. The van der Waals surface area contributed by atoms with Gasteiger partial charge in [-0.25, -0.2) is 0 Å². The molecule has 0 amide bonds. The smallest absolute Gasteiger partial charge is 0.142 e. The van der Waals surface area contributed by atoms with Crippen LogP contribution in [-0.2, 0) is 6.42 Å². The molecule has 1 aromatic heterocycles. The Hall–Kier alpha value is -1.48. The van der Waals surface area contributed by atoms with Crippen molar-refractivity contribution >= 4 is 10.9 Å². The number of rotatable bonds is 3. The summed E-state index contributed by atoms with van der Waals surface area (Å²) < 4.78 is 5.31. The van der Waals surface area contributed by atoms with Gasteiger partial charge in [0.2, 0.25) is 0 Å². The summed E-state index contributed by atoms with van der Waals surface area (Å²) in [5.41, 5.74) is 9.03. The second kappa shape index (κ2) is 3.95. The molecule has 0 atom stereocenters. The normalized spacial score (nSPS) is 10.9. The van der Waals surface area contributed by atoms with Crippen molar-refractivity contribution in [3.05, 3.63) is 29.5 Å². The number of fused-ring (bicyclic) bond motifs is 1. The minimum atomic E-state index is 0.661. The number of aromatic amines is 1. The fraction of sp³-hybridized carbons (Fsp3) is 0.333. The first-order chi connectivity index (χ1) is 7.26. The van der Waals surface area contributed by atoms with Crippen molar-refractivity contribution in [3.8, 4) is 5.75 Å². The van der Waals surface area contributed by atoms with Gasteiger partial charge in [-0.3, -0.25) is 0 Å². The fourth-order valence-electron chi connectivity index (χ4n) is 1.85. The van der Waals surface area contributed by atoms with E-state index in [1.165, 1.54) is 16.6 Å². The highest BCUT2D eigenvalue weighted by atomic mass is 16.5. The molecule has 15 heavy (non-hydrogen) atoms. The van der Waals surface area contributed by atoms with E-state index in [1.807, 2.05) is 6.07 Å². The van der Waals surface area contributed by atoms with Crippen LogP contribution in [0.1, 0.15) is 11.3 Å². The van der Waals surface area contributed by atoms with Gasteiger partial charge in [-0.15, -0.1) is 0 Å². The summed E-state index contributed by atoms with van der Waals surface area (Å²) in [4.78, 5) is 3.35. The van der Waals surface area contributed by atoms with Gasteiger partial charge in [-0.2, -0.15) is 0 Å². The van der Waals surface area contributed by atoms with Crippen molar-refractivity contribution in [2.45, 2.75) is 13.3 Å². The van der Waals surface area contributed by atoms with E-state index in [0.717, 1.165) is 17.7 Å². The van der Waals surface area contributed by atoms with Gasteiger partial charge >= 0.3 is 0 Å². The van der Waals surface area contributed by atoms with Gasteiger partial charge < -0.3 is 15.5 Å². The van der Waals surface area contributed by atoms with Crippen molar-refractivity contribution in [1.29, 1.82) is 0 Å². The fourth-order valence-corrected chi connectivity index (χ4v) is 1.85. The maximum absolute atomic E-state index is 5.54. The summed E-state index contributed by atoms with van der Waals surface area (Å²) in [6.45, 7) is 2.76. The van der Waals surface area contributed by atoms with Crippen LogP contribution in [0.2, 0.25) is 0 Å². The zero-order valence-corrected chi connectivity index (χ0v) is 9.13. The number of nitrogens with two attached hydrogens (primary N) is 1. The van der Waals surface area contributed by atoms with Crippen molar-refractivity contribution in [2.75, 3.05) is 13.7 Å². The van der Waals surface area contributed by atoms with Crippen molar-refractivity contribution < 1.29 is 4.74 Å². The Labute approximate surface area is 89.2 Å². The molecule has 0 unspecified atom stereocenters. The lowest BCUT2D eigenvalue weighted by Gasteiger charge is -2.02. The molecule has 0 radical (unpaired) electrons. The Bertz CT molecular complexity index is 474. The first-order valence-electron chi connectivity index (χ1n) is 5.11. The Kier molecular flexibility index (Phi) is 2.64. The van der Waals surface area contributed by atoms with Crippen LogP contribution in [0.25, 0.3) is 10.9 Å². The van der Waals surface area contributed by atoms with E-state index in [9.17, 15) is 0 Å². The molecule has 3 N–H and O–H groups in total. The lowest BCUT2D eigenvalue weighted by molar-refractivity contribution is 0.419. The Morgan fingerprint density at radius 3 is 2.87 bits per heavy atom. The molecule has 0 aliphatic rings. The van der Waals surface area contributed by atoms with Crippen LogP contribution < -0.4 is 10.5 Å². The molecule has 0 spiro atoms. The average Bonchev–Trinajstić information content (AvgIpc) is 2.64. The van der Waals surface area contributed by atoms with E-state index in [1.54, 1.807) is 7.11 Å². The van der Waals surface area contributed by atoms with Crippen LogP contribution in [-0.4, -0.2) is 18.6 Å². The lowest BCUT2D eigenvalue weighted by Crippen LogP contribution is -2.02. The number of hydrogen-bond donors (Lipinski definition) is 2. The zero-order chi connectivity index (χ0) is 10.8. The molecule has 2 aromatic rings. The topological polar surface area (TPSA) is 51.0 Å². The van der Waals surface area contributed by atoms with E-state index in [2.05, 4.69) is 24.0 Å². The third kappa shape index (κ3) is 1.70. The maximum atomic E-state index is 5.54. The summed E-state index contributed by atoms with van der Waals surface area (Å²) in [6, 6.07) is 6.21. The van der Waals surface area contributed by atoms with Gasteiger partial charge in [0.25, 0.3) is 0 Å². The van der Waals surface area contributed by atoms with Crippen molar-refractivity contribution in [3.63, 3.8) is 0 Å². The number of ether oxygens (including phenoxy) is 1. The number of aromatic nitrogens is 1. The van der Waals surface area contributed by atoms with Crippen LogP contribution in [0, 0.1) is 6.92 Å². The first-order valence-corrected chi connectivity index (χ1v) is 5.11. The molecular weight excluding hydrogens is 188 g/mol. The van der Waals surface area contributed by atoms with Crippen LogP contribution in [0.4, 0.5) is 0 Å². The summed E-state index contributed by atoms with van der Waals surface area (Å²) in [7, 11) is 1.69. The molecular formula is C12H16N2O. The lowest BCUT2D eigenvalue weighted by atomic mass is 10.1. The van der Waals surface area contributed by atoms with Crippen LogP contribution in [0.5, 0.6) is 5.75 Å². The molecule has 0 fully saturated rings. The molecule has 0 saturated heterocycles. The Morgan fingerprint density at radius 1 is 1.40 bits per heavy atom. The molecule has 0 aliphatic heterocycles. The second-order valence-corrected chi connectivity index (χ2v) is 3.71. The largest absolute Gasteiger partial charge is 0.495 e. The molecule has 0 saturated carbocycles. The molecule has 80 valence electrons. The highest BCUT2D eigenvalue weighted by Crippen LogP contribution is 2.28. The minimum Gasteiger partial charge on any atom is -0.495 e. The molecule has 1 heterocycles. The molecule has 1 aromatic carbocycles. The number of aryl methyl sites for hydroxylation is 1. The van der Waals surface area contributed by atoms with Gasteiger partial charge in [-0.1, -0.05) is 6.07 Å². The molecule has 3 heteroatoms. The summed E-state index contributed by atoms with van der Waals surface area (Å²) in [5.74, 6) is 0.888. The summed E-state index contributed by atoms with van der Waals surface area (Å²) in [5, 5.41) is 1.22. The van der Waals surface area contributed by atoms with Crippen LogP contribution >= 0.6 is 0 Å². The van der Waals surface area contributed by atoms with Crippen LogP contribution in [0.3, 0.4) is 0 Å². The number of hydrogen-bond acceptors (Lipinski definition) is 2. The molecule has 0 bridgehead atoms. The SMILES string of the molecule is COc1ccc(C)c2cc(CCN)[nH]c12. The van der Waals surface area contributed by atoms with Gasteiger partial charge in [0, 0.05) is 11.1 Å². The van der Waals surface area contributed by atoms with E-state index >= 15 is 0 Å². The average molecular weight is 204 g/mol. The van der Waals surface area contributed by atoms with Gasteiger partial charge in [-0.05, 0) is 37.6 Å². The van der Waals surface area contributed by atoms with E-state index in [-0.39, 0.29) is 0 Å². The van der Waals surface area contributed by atoms with Gasteiger partial charge in [0.05, 0.1) is 12.6 Å². The molecule has 3 nitrogen and oxygen atoms in total. The summed E-state index contributed by atoms with van der Waals surface area (Å²) >= 11 is 0. The Balaban J connectivity index is 2.61. The minimum absolute atomic E-state index is 0.661. The van der Waals surface area contributed by atoms with E-state index in [4.69, 9.17) is 10.5 Å². The van der Waals surface area contributed by atoms with Crippen molar-refractivity contribution in [1.82, 2.24) is 4.98 Å². The number of H-pyrrole nitrogens is 1. The maximum Gasteiger partial charge on any atom is 0.142 e. The van der Waals surface area contributed by atoms with Crippen molar-refractivity contribution in [2.24, 2.45) is 5.73 Å². The monoisotopic (exact) mass is 204 g/mol. The predicted molar refractivity (Wildman–Crippen MR) is 62.3 cm³/mol.